The fraction of sp³-hybridized carbons (Fsp3) is 0.312. The molecule has 6 heteroatoms. The van der Waals surface area contributed by atoms with Crippen molar-refractivity contribution in [2.24, 2.45) is 5.92 Å². The number of ether oxygens (including phenoxy) is 1. The second-order valence-electron chi connectivity index (χ2n) is 5.50. The maximum atomic E-state index is 5.82. The number of hydrogen-bond donors (Lipinski definition) is 1. The average molecular weight is 312 g/mol. The third-order valence-electron chi connectivity index (χ3n) is 3.60. The van der Waals surface area contributed by atoms with Gasteiger partial charge in [0.15, 0.2) is 5.13 Å². The Bertz CT molecular complexity index is 770. The lowest BCUT2D eigenvalue weighted by atomic mass is 10.3. The van der Waals surface area contributed by atoms with Crippen LogP contribution >= 0.6 is 11.3 Å². The third kappa shape index (κ3) is 3.17. The predicted molar refractivity (Wildman–Crippen MR) is 87.2 cm³/mol. The summed E-state index contributed by atoms with van der Waals surface area (Å²) in [6.07, 6.45) is 7.75. The molecule has 1 N–H and O–H groups in total. The molecule has 0 spiro atoms. The molecule has 0 saturated heterocycles. The number of thiazole rings is 1. The van der Waals surface area contributed by atoms with Crippen LogP contribution in [-0.2, 0) is 6.54 Å². The summed E-state index contributed by atoms with van der Waals surface area (Å²) in [7, 11) is 0. The van der Waals surface area contributed by atoms with Crippen LogP contribution in [0.3, 0.4) is 0 Å². The van der Waals surface area contributed by atoms with Gasteiger partial charge in [-0.3, -0.25) is 0 Å². The second-order valence-corrected chi connectivity index (χ2v) is 6.53. The number of fused-ring (bicyclic) bond motifs is 1. The predicted octanol–water partition coefficient (Wildman–Crippen LogP) is 3.49. The Labute approximate surface area is 132 Å². The van der Waals surface area contributed by atoms with E-state index in [4.69, 9.17) is 4.74 Å². The zero-order chi connectivity index (χ0) is 14.8. The molecule has 1 aliphatic carbocycles. The first-order valence-corrected chi connectivity index (χ1v) is 8.19. The fourth-order valence-corrected chi connectivity index (χ4v) is 3.06. The zero-order valence-electron chi connectivity index (χ0n) is 12.0. The van der Waals surface area contributed by atoms with E-state index in [0.717, 1.165) is 39.2 Å². The molecule has 4 rings (SSSR count). The molecule has 1 fully saturated rings. The van der Waals surface area contributed by atoms with Gasteiger partial charge in [-0.15, -0.1) is 0 Å². The van der Waals surface area contributed by atoms with E-state index in [2.05, 4.69) is 26.3 Å². The molecule has 112 valence electrons. The lowest BCUT2D eigenvalue weighted by molar-refractivity contribution is 0.300. The standard InChI is InChI=1S/C16H16N4OS/c1-2-11(1)9-21-13-3-4-14-15(5-13)22-16(20-14)19-8-12-6-17-10-18-7-12/h3-7,10-11H,1-2,8-9H2,(H,19,20). The second kappa shape index (κ2) is 5.88. The van der Waals surface area contributed by atoms with E-state index in [0.29, 0.717) is 6.54 Å². The summed E-state index contributed by atoms with van der Waals surface area (Å²) in [6.45, 7) is 1.51. The van der Waals surface area contributed by atoms with E-state index in [1.54, 1.807) is 23.7 Å². The molecule has 0 aliphatic heterocycles. The third-order valence-corrected chi connectivity index (χ3v) is 4.58. The van der Waals surface area contributed by atoms with Gasteiger partial charge in [0.2, 0.25) is 0 Å². The first-order chi connectivity index (χ1) is 10.9. The van der Waals surface area contributed by atoms with Gasteiger partial charge in [-0.1, -0.05) is 11.3 Å². The summed E-state index contributed by atoms with van der Waals surface area (Å²) < 4.78 is 6.96. The van der Waals surface area contributed by atoms with Crippen LogP contribution in [0.5, 0.6) is 5.75 Å². The van der Waals surface area contributed by atoms with Crippen LogP contribution in [0.4, 0.5) is 5.13 Å². The molecule has 1 aliphatic rings. The molecule has 0 radical (unpaired) electrons. The van der Waals surface area contributed by atoms with E-state index in [-0.39, 0.29) is 0 Å². The van der Waals surface area contributed by atoms with Gasteiger partial charge in [-0.2, -0.15) is 0 Å². The number of benzene rings is 1. The summed E-state index contributed by atoms with van der Waals surface area (Å²) in [6, 6.07) is 6.09. The summed E-state index contributed by atoms with van der Waals surface area (Å²) in [5, 5.41) is 4.22. The van der Waals surface area contributed by atoms with Crippen molar-refractivity contribution in [3.05, 3.63) is 42.5 Å². The number of nitrogens with one attached hydrogen (secondary N) is 1. The molecule has 3 aromatic rings. The van der Waals surface area contributed by atoms with Crippen LogP contribution < -0.4 is 10.1 Å². The van der Waals surface area contributed by atoms with Crippen LogP contribution in [0.25, 0.3) is 10.2 Å². The Balaban J connectivity index is 1.45. The Morgan fingerprint density at radius 2 is 2.09 bits per heavy atom. The van der Waals surface area contributed by atoms with Gasteiger partial charge >= 0.3 is 0 Å². The van der Waals surface area contributed by atoms with Crippen molar-refractivity contribution in [2.45, 2.75) is 19.4 Å². The van der Waals surface area contributed by atoms with Gasteiger partial charge in [0.1, 0.15) is 12.1 Å². The van der Waals surface area contributed by atoms with Gasteiger partial charge in [0.05, 0.1) is 16.8 Å². The van der Waals surface area contributed by atoms with Crippen molar-refractivity contribution >= 4 is 26.7 Å². The number of aromatic nitrogens is 3. The molecule has 5 nitrogen and oxygen atoms in total. The van der Waals surface area contributed by atoms with Crippen molar-refractivity contribution in [1.29, 1.82) is 0 Å². The normalized spacial score (nSPS) is 14.2. The van der Waals surface area contributed by atoms with E-state index < -0.39 is 0 Å². The highest BCUT2D eigenvalue weighted by molar-refractivity contribution is 7.22. The minimum atomic E-state index is 0.672. The van der Waals surface area contributed by atoms with Crippen molar-refractivity contribution in [3.8, 4) is 5.75 Å². The molecule has 0 atom stereocenters. The maximum absolute atomic E-state index is 5.82. The molecule has 0 unspecified atom stereocenters. The number of rotatable bonds is 6. The van der Waals surface area contributed by atoms with Crippen molar-refractivity contribution in [3.63, 3.8) is 0 Å². The van der Waals surface area contributed by atoms with Crippen molar-refractivity contribution in [2.75, 3.05) is 11.9 Å². The largest absolute Gasteiger partial charge is 0.493 e. The average Bonchev–Trinajstić information content (AvgIpc) is 3.30. The monoisotopic (exact) mass is 312 g/mol. The highest BCUT2D eigenvalue weighted by atomic mass is 32.1. The van der Waals surface area contributed by atoms with Crippen LogP contribution in [0.15, 0.2) is 36.9 Å². The van der Waals surface area contributed by atoms with Crippen molar-refractivity contribution in [1.82, 2.24) is 15.0 Å². The summed E-state index contributed by atoms with van der Waals surface area (Å²) in [5.41, 5.74) is 2.03. The molecule has 1 aromatic carbocycles. The minimum Gasteiger partial charge on any atom is -0.493 e. The molecule has 0 bridgehead atoms. The highest BCUT2D eigenvalue weighted by Crippen LogP contribution is 2.32. The zero-order valence-corrected chi connectivity index (χ0v) is 12.8. The molecular formula is C16H16N4OS. The Hall–Kier alpha value is -2.21. The van der Waals surface area contributed by atoms with Gasteiger partial charge in [0.25, 0.3) is 0 Å². The van der Waals surface area contributed by atoms with Gasteiger partial charge in [-0.25, -0.2) is 15.0 Å². The van der Waals surface area contributed by atoms with Gasteiger partial charge in [-0.05, 0) is 37.0 Å². The highest BCUT2D eigenvalue weighted by Gasteiger charge is 2.21. The maximum Gasteiger partial charge on any atom is 0.184 e. The van der Waals surface area contributed by atoms with Gasteiger partial charge in [0, 0.05) is 24.5 Å². The first-order valence-electron chi connectivity index (χ1n) is 7.38. The van der Waals surface area contributed by atoms with Crippen LogP contribution in [0.2, 0.25) is 0 Å². The quantitative estimate of drug-likeness (QED) is 0.755. The van der Waals surface area contributed by atoms with Crippen LogP contribution in [-0.4, -0.2) is 21.6 Å². The van der Waals surface area contributed by atoms with Gasteiger partial charge < -0.3 is 10.1 Å². The van der Waals surface area contributed by atoms with Crippen LogP contribution in [0.1, 0.15) is 18.4 Å². The lowest BCUT2D eigenvalue weighted by Gasteiger charge is -2.03. The topological polar surface area (TPSA) is 59.9 Å². The SMILES string of the molecule is c1ncc(CNc2nc3ccc(OCC4CC4)cc3s2)cn1. The lowest BCUT2D eigenvalue weighted by Crippen LogP contribution is -1.99. The molecule has 2 heterocycles. The van der Waals surface area contributed by atoms with E-state index in [1.165, 1.54) is 19.2 Å². The van der Waals surface area contributed by atoms with E-state index in [9.17, 15) is 0 Å². The summed E-state index contributed by atoms with van der Waals surface area (Å²) in [5.74, 6) is 1.70. The number of hydrogen-bond acceptors (Lipinski definition) is 6. The smallest absolute Gasteiger partial charge is 0.184 e. The molecule has 1 saturated carbocycles. The summed E-state index contributed by atoms with van der Waals surface area (Å²) >= 11 is 1.64. The Kier molecular flexibility index (Phi) is 3.60. The van der Waals surface area contributed by atoms with Crippen molar-refractivity contribution < 1.29 is 4.74 Å². The van der Waals surface area contributed by atoms with E-state index in [1.807, 2.05) is 12.1 Å². The van der Waals surface area contributed by atoms with Crippen LogP contribution in [0, 0.1) is 5.92 Å². The fourth-order valence-electron chi connectivity index (χ4n) is 2.17. The molecule has 0 amide bonds. The first kappa shape index (κ1) is 13.5. The Morgan fingerprint density at radius 1 is 1.23 bits per heavy atom. The van der Waals surface area contributed by atoms with E-state index >= 15 is 0 Å². The number of anilines is 1. The molecule has 2 aromatic heterocycles. The Morgan fingerprint density at radius 3 is 2.91 bits per heavy atom. The molecular weight excluding hydrogens is 296 g/mol. The number of nitrogens with zero attached hydrogens (tertiary/aromatic N) is 3. The minimum absolute atomic E-state index is 0.672. The molecule has 22 heavy (non-hydrogen) atoms. The summed E-state index contributed by atoms with van der Waals surface area (Å²) in [4.78, 5) is 12.6.